The zero-order valence-corrected chi connectivity index (χ0v) is 13.6. The van der Waals surface area contributed by atoms with Crippen molar-refractivity contribution in [2.24, 2.45) is 0 Å². The van der Waals surface area contributed by atoms with Gasteiger partial charge in [0.2, 0.25) is 0 Å². The lowest BCUT2D eigenvalue weighted by molar-refractivity contribution is 0.0877. The Balaban J connectivity index is 1.85. The monoisotopic (exact) mass is 345 g/mol. The maximum atomic E-state index is 13.0. The first-order valence-electron chi connectivity index (χ1n) is 7.93. The number of aromatic nitrogens is 3. The second-order valence-electron chi connectivity index (χ2n) is 6.20. The highest BCUT2D eigenvalue weighted by molar-refractivity contribution is 6.34. The van der Waals surface area contributed by atoms with Crippen molar-refractivity contribution in [3.05, 3.63) is 45.6 Å². The van der Waals surface area contributed by atoms with Gasteiger partial charge in [-0.15, -0.1) is 0 Å². The number of nitrogens with zero attached hydrogens (tertiary/aromatic N) is 3. The van der Waals surface area contributed by atoms with Crippen molar-refractivity contribution in [3.63, 3.8) is 0 Å². The molecule has 1 aliphatic carbocycles. The normalized spacial score (nSPS) is 18.3. The van der Waals surface area contributed by atoms with Gasteiger partial charge in [0, 0.05) is 0 Å². The van der Waals surface area contributed by atoms with Crippen LogP contribution in [0.2, 0.25) is 5.02 Å². The number of hydrogen-bond acceptors (Lipinski definition) is 5. The number of carbonyl (C=O) groups is 1. The Labute approximate surface area is 143 Å². The molecule has 1 spiro atoms. The summed E-state index contributed by atoms with van der Waals surface area (Å²) < 4.78 is 1.55. The molecule has 0 bridgehead atoms. The van der Waals surface area contributed by atoms with Crippen LogP contribution in [0.1, 0.15) is 42.6 Å². The molecule has 0 radical (unpaired) electrons. The molecule has 124 valence electrons. The lowest BCUT2D eigenvalue weighted by Gasteiger charge is -2.35. The second kappa shape index (κ2) is 5.59. The predicted octanol–water partition coefficient (Wildman–Crippen LogP) is 2.40. The second-order valence-corrected chi connectivity index (χ2v) is 6.60. The van der Waals surface area contributed by atoms with Gasteiger partial charge in [-0.2, -0.15) is 10.2 Å². The van der Waals surface area contributed by atoms with Crippen LogP contribution in [0.4, 0.5) is 11.4 Å². The predicted molar refractivity (Wildman–Crippen MR) is 89.6 cm³/mol. The lowest BCUT2D eigenvalue weighted by atomic mass is 9.89. The molecule has 2 aromatic heterocycles. The summed E-state index contributed by atoms with van der Waals surface area (Å²) in [6.45, 7) is 0. The summed E-state index contributed by atoms with van der Waals surface area (Å²) in [5.74, 6) is -0.281. The van der Waals surface area contributed by atoms with Crippen molar-refractivity contribution < 1.29 is 4.79 Å². The molecule has 3 heterocycles. The van der Waals surface area contributed by atoms with Gasteiger partial charge in [-0.05, 0) is 37.8 Å². The van der Waals surface area contributed by atoms with E-state index in [1.165, 1.54) is 18.5 Å². The number of rotatable bonds is 2. The smallest absolute Gasteiger partial charge is 0.276 e. The number of anilines is 2. The Bertz CT molecular complexity index is 859. The van der Waals surface area contributed by atoms with E-state index in [1.807, 2.05) is 0 Å². The van der Waals surface area contributed by atoms with E-state index in [9.17, 15) is 9.59 Å². The van der Waals surface area contributed by atoms with E-state index in [2.05, 4.69) is 20.8 Å². The molecule has 0 unspecified atom stereocenters. The van der Waals surface area contributed by atoms with E-state index < -0.39 is 5.66 Å². The van der Waals surface area contributed by atoms with E-state index in [4.69, 9.17) is 11.6 Å². The largest absolute Gasteiger partial charge is 0.350 e. The molecular weight excluding hydrogens is 330 g/mol. The summed E-state index contributed by atoms with van der Waals surface area (Å²) in [6.07, 6.45) is 7.57. The molecule has 0 aromatic carbocycles. The minimum absolute atomic E-state index is 0.252. The number of nitrogens with one attached hydrogen (secondary N) is 2. The minimum Gasteiger partial charge on any atom is -0.350 e. The van der Waals surface area contributed by atoms with E-state index in [0.29, 0.717) is 11.4 Å². The van der Waals surface area contributed by atoms with Crippen molar-refractivity contribution in [1.29, 1.82) is 0 Å². The summed E-state index contributed by atoms with van der Waals surface area (Å²) in [6, 6.07) is 3.20. The molecule has 7 nitrogen and oxygen atoms in total. The Morgan fingerprint density at radius 3 is 2.71 bits per heavy atom. The number of amides is 1. The van der Waals surface area contributed by atoms with Gasteiger partial charge in [-0.25, -0.2) is 0 Å². The van der Waals surface area contributed by atoms with Crippen LogP contribution < -0.4 is 16.2 Å². The van der Waals surface area contributed by atoms with Crippen LogP contribution in [0.3, 0.4) is 0 Å². The van der Waals surface area contributed by atoms with E-state index in [1.54, 1.807) is 10.6 Å². The summed E-state index contributed by atoms with van der Waals surface area (Å²) in [5.41, 5.74) is 0.292. The number of halogens is 1. The van der Waals surface area contributed by atoms with Crippen LogP contribution in [-0.2, 0) is 5.66 Å². The van der Waals surface area contributed by atoms with E-state index in [0.717, 1.165) is 32.1 Å². The minimum atomic E-state index is -0.653. The first-order chi connectivity index (χ1) is 11.6. The number of fused-ring (bicyclic) bond motifs is 2. The first kappa shape index (κ1) is 15.1. The molecule has 1 fully saturated rings. The Kier molecular flexibility index (Phi) is 3.53. The summed E-state index contributed by atoms with van der Waals surface area (Å²) in [5, 5.41) is 13.8. The van der Waals surface area contributed by atoms with Crippen molar-refractivity contribution in [1.82, 2.24) is 20.1 Å². The van der Waals surface area contributed by atoms with Crippen LogP contribution in [0.25, 0.3) is 0 Å². The molecule has 0 saturated heterocycles. The van der Waals surface area contributed by atoms with Gasteiger partial charge in [0.25, 0.3) is 11.5 Å². The zero-order valence-electron chi connectivity index (χ0n) is 12.9. The van der Waals surface area contributed by atoms with Gasteiger partial charge in [-0.1, -0.05) is 18.0 Å². The van der Waals surface area contributed by atoms with Crippen LogP contribution in [0.5, 0.6) is 0 Å². The average Bonchev–Trinajstić information content (AvgIpc) is 2.86. The molecule has 2 aromatic rings. The average molecular weight is 346 g/mol. The molecule has 2 N–H and O–H groups in total. The van der Waals surface area contributed by atoms with Crippen LogP contribution in [0, 0.1) is 0 Å². The third kappa shape index (κ3) is 2.27. The van der Waals surface area contributed by atoms with Crippen molar-refractivity contribution in [2.45, 2.75) is 37.8 Å². The maximum Gasteiger partial charge on any atom is 0.276 e. The Morgan fingerprint density at radius 2 is 2.00 bits per heavy atom. The molecule has 8 heteroatoms. The standard InChI is InChI=1S/C16H16ClN5O2/c17-11-8-12(20-10-4-7-18-19-9-10)15(24)22-13(11)14(23)21-16(22)5-2-1-3-6-16/h4,7-9H,1-3,5-6H2,(H,18,20)(H,21,23). The molecule has 24 heavy (non-hydrogen) atoms. The van der Waals surface area contributed by atoms with Crippen LogP contribution >= 0.6 is 11.6 Å². The Hall–Kier alpha value is -2.41. The van der Waals surface area contributed by atoms with Gasteiger partial charge < -0.3 is 10.6 Å². The van der Waals surface area contributed by atoms with Crippen molar-refractivity contribution in [3.8, 4) is 0 Å². The molecule has 1 amide bonds. The van der Waals surface area contributed by atoms with E-state index in [-0.39, 0.29) is 22.2 Å². The SMILES string of the molecule is O=C1NC2(CCCCC2)n2c1c(Cl)cc(Nc1ccnnc1)c2=O. The molecule has 1 aliphatic heterocycles. The molecule has 0 atom stereocenters. The van der Waals surface area contributed by atoms with E-state index >= 15 is 0 Å². The molecule has 1 saturated carbocycles. The van der Waals surface area contributed by atoms with Gasteiger partial charge >= 0.3 is 0 Å². The molecule has 2 aliphatic rings. The molecule has 4 rings (SSSR count). The van der Waals surface area contributed by atoms with Crippen LogP contribution in [-0.4, -0.2) is 20.7 Å². The van der Waals surface area contributed by atoms with Crippen LogP contribution in [0.15, 0.2) is 29.3 Å². The fourth-order valence-electron chi connectivity index (χ4n) is 3.63. The van der Waals surface area contributed by atoms with Crippen molar-refractivity contribution in [2.75, 3.05) is 5.32 Å². The Morgan fingerprint density at radius 1 is 1.21 bits per heavy atom. The topological polar surface area (TPSA) is 88.9 Å². The highest BCUT2D eigenvalue weighted by atomic mass is 35.5. The van der Waals surface area contributed by atoms with Gasteiger partial charge in [0.15, 0.2) is 0 Å². The van der Waals surface area contributed by atoms with Gasteiger partial charge in [-0.3, -0.25) is 14.2 Å². The third-order valence-corrected chi connectivity index (χ3v) is 4.98. The summed E-state index contributed by atoms with van der Waals surface area (Å²) in [4.78, 5) is 25.4. The fourth-order valence-corrected chi connectivity index (χ4v) is 3.90. The molecular formula is C16H16ClN5O2. The first-order valence-corrected chi connectivity index (χ1v) is 8.31. The number of carbonyl (C=O) groups excluding carboxylic acids is 1. The third-order valence-electron chi connectivity index (χ3n) is 4.69. The highest BCUT2D eigenvalue weighted by Crippen LogP contribution is 2.38. The van der Waals surface area contributed by atoms with Gasteiger partial charge in [0.05, 0.1) is 23.1 Å². The quantitative estimate of drug-likeness (QED) is 0.872. The highest BCUT2D eigenvalue weighted by Gasteiger charge is 2.45. The van der Waals surface area contributed by atoms with Gasteiger partial charge in [0.1, 0.15) is 17.0 Å². The summed E-state index contributed by atoms with van der Waals surface area (Å²) >= 11 is 6.32. The maximum absolute atomic E-state index is 13.0. The lowest BCUT2D eigenvalue weighted by Crippen LogP contribution is -2.48. The number of hydrogen-bond donors (Lipinski definition) is 2. The fraction of sp³-hybridized carbons (Fsp3) is 0.375. The number of pyridine rings is 1. The zero-order chi connectivity index (χ0) is 16.7. The van der Waals surface area contributed by atoms with Crippen molar-refractivity contribution >= 4 is 28.9 Å². The summed E-state index contributed by atoms with van der Waals surface area (Å²) in [7, 11) is 0.